The minimum absolute atomic E-state index is 0.125. The summed E-state index contributed by atoms with van der Waals surface area (Å²) in [6.45, 7) is 0. The molecule has 0 bridgehead atoms. The Labute approximate surface area is 98.2 Å². The van der Waals surface area contributed by atoms with Crippen LogP contribution in [-0.2, 0) is 10.0 Å². The van der Waals surface area contributed by atoms with E-state index in [1.807, 2.05) is 0 Å². The van der Waals surface area contributed by atoms with Gasteiger partial charge in [0.05, 0.1) is 4.92 Å². The van der Waals surface area contributed by atoms with Gasteiger partial charge in [0, 0.05) is 25.8 Å². The maximum Gasteiger partial charge on any atom is 0.291 e. The van der Waals surface area contributed by atoms with Gasteiger partial charge in [-0.05, 0) is 12.1 Å². The second-order valence-corrected chi connectivity index (χ2v) is 5.10. The molecule has 0 amide bonds. The van der Waals surface area contributed by atoms with Crippen LogP contribution < -0.4 is 10.6 Å². The zero-order chi connectivity index (χ0) is 13.2. The normalized spacial score (nSPS) is 11.7. The van der Waals surface area contributed by atoms with E-state index in [9.17, 15) is 18.5 Å². The lowest BCUT2D eigenvalue weighted by Gasteiger charge is -2.12. The van der Waals surface area contributed by atoms with Crippen molar-refractivity contribution in [2.75, 3.05) is 19.8 Å². The summed E-state index contributed by atoms with van der Waals surface area (Å²) in [5.74, 6) is 0. The fourth-order valence-electron chi connectivity index (χ4n) is 1.19. The molecule has 0 aliphatic rings. The Morgan fingerprint density at radius 3 is 2.47 bits per heavy atom. The zero-order valence-electron chi connectivity index (χ0n) is 9.25. The topological polar surface area (TPSA) is 119 Å². The lowest BCUT2D eigenvalue weighted by Crippen LogP contribution is -2.36. The van der Waals surface area contributed by atoms with Crippen LogP contribution in [0.3, 0.4) is 0 Å². The molecular weight excluding hydrogens is 248 g/mol. The van der Waals surface area contributed by atoms with Crippen molar-refractivity contribution in [3.8, 4) is 0 Å². The number of nitrogens with zero attached hydrogens (tertiary/aromatic N) is 2. The average Bonchev–Trinajstić information content (AvgIpc) is 2.14. The van der Waals surface area contributed by atoms with Gasteiger partial charge in [-0.25, -0.2) is 13.4 Å². The van der Waals surface area contributed by atoms with E-state index in [1.165, 1.54) is 25.2 Å². The Bertz CT molecular complexity index is 540. The molecule has 1 rings (SSSR count). The Balaban J connectivity index is 3.36. The monoisotopic (exact) mass is 260 g/mol. The lowest BCUT2D eigenvalue weighted by molar-refractivity contribution is -0.387. The molecule has 0 spiro atoms. The lowest BCUT2D eigenvalue weighted by atomic mass is 10.3. The molecule has 8 nitrogen and oxygen atoms in total. The van der Waals surface area contributed by atoms with Gasteiger partial charge in [0.2, 0.25) is 0 Å². The van der Waals surface area contributed by atoms with E-state index in [4.69, 9.17) is 5.73 Å². The van der Waals surface area contributed by atoms with Gasteiger partial charge in [-0.1, -0.05) is 0 Å². The predicted molar refractivity (Wildman–Crippen MR) is 61.5 cm³/mol. The number of rotatable bonds is 4. The highest BCUT2D eigenvalue weighted by Crippen LogP contribution is 2.25. The molecule has 0 heterocycles. The first-order chi connectivity index (χ1) is 7.74. The number of hydrazine groups is 1. The third kappa shape index (κ3) is 3.12. The maximum atomic E-state index is 11.8. The largest absolute Gasteiger partial charge is 0.399 e. The van der Waals surface area contributed by atoms with Gasteiger partial charge in [-0.15, -0.1) is 4.83 Å². The van der Waals surface area contributed by atoms with Crippen molar-refractivity contribution in [3.05, 3.63) is 28.3 Å². The number of nitrogens with one attached hydrogen (secondary N) is 1. The van der Waals surface area contributed by atoms with Gasteiger partial charge in [-0.3, -0.25) is 10.1 Å². The Morgan fingerprint density at radius 2 is 2.00 bits per heavy atom. The molecule has 17 heavy (non-hydrogen) atoms. The fourth-order valence-corrected chi connectivity index (χ4v) is 2.43. The van der Waals surface area contributed by atoms with Crippen LogP contribution in [0.1, 0.15) is 0 Å². The van der Waals surface area contributed by atoms with Crippen molar-refractivity contribution in [2.45, 2.75) is 4.90 Å². The molecule has 0 aromatic heterocycles. The molecule has 0 radical (unpaired) electrons. The van der Waals surface area contributed by atoms with Gasteiger partial charge in [0.25, 0.3) is 15.7 Å². The van der Waals surface area contributed by atoms with E-state index in [0.29, 0.717) is 0 Å². The molecule has 1 aromatic carbocycles. The molecule has 0 fully saturated rings. The number of nitro benzene ring substituents is 1. The number of hydrogen-bond donors (Lipinski definition) is 2. The van der Waals surface area contributed by atoms with Gasteiger partial charge < -0.3 is 5.73 Å². The van der Waals surface area contributed by atoms with Crippen LogP contribution in [0, 0.1) is 10.1 Å². The van der Waals surface area contributed by atoms with Crippen LogP contribution in [0.15, 0.2) is 23.1 Å². The highest BCUT2D eigenvalue weighted by Gasteiger charge is 2.26. The standard InChI is InChI=1S/C8H12N4O4S/c1-11(2)10-17(15,16)8-4-3-6(9)5-7(8)12(13)14/h3-5,10H,9H2,1-2H3. The molecule has 1 aromatic rings. The minimum atomic E-state index is -3.97. The van der Waals surface area contributed by atoms with E-state index in [1.54, 1.807) is 0 Å². The molecule has 0 saturated heterocycles. The minimum Gasteiger partial charge on any atom is -0.399 e. The van der Waals surface area contributed by atoms with Crippen molar-refractivity contribution < 1.29 is 13.3 Å². The molecule has 0 aliphatic carbocycles. The quantitative estimate of drug-likeness (QED) is 0.444. The van der Waals surface area contributed by atoms with Gasteiger partial charge in [-0.2, -0.15) is 0 Å². The van der Waals surface area contributed by atoms with Crippen molar-refractivity contribution in [1.29, 1.82) is 0 Å². The van der Waals surface area contributed by atoms with E-state index < -0.39 is 25.5 Å². The van der Waals surface area contributed by atoms with Crippen LogP contribution in [0.5, 0.6) is 0 Å². The van der Waals surface area contributed by atoms with Crippen LogP contribution in [-0.4, -0.2) is 32.4 Å². The predicted octanol–water partition coefficient (Wildman–Crippen LogP) is -0.0681. The molecule has 94 valence electrons. The molecule has 0 saturated carbocycles. The number of sulfonamides is 1. The Morgan fingerprint density at radius 1 is 1.41 bits per heavy atom. The van der Waals surface area contributed by atoms with Gasteiger partial charge in [0.15, 0.2) is 4.90 Å². The smallest absolute Gasteiger partial charge is 0.291 e. The van der Waals surface area contributed by atoms with Crippen LogP contribution in [0.4, 0.5) is 11.4 Å². The van der Waals surface area contributed by atoms with Crippen molar-refractivity contribution in [1.82, 2.24) is 9.84 Å². The average molecular weight is 260 g/mol. The summed E-state index contributed by atoms with van der Waals surface area (Å²) in [5, 5.41) is 11.9. The Kier molecular flexibility index (Phi) is 3.66. The number of nitrogens with two attached hydrogens (primary N) is 1. The van der Waals surface area contributed by atoms with E-state index in [-0.39, 0.29) is 5.69 Å². The summed E-state index contributed by atoms with van der Waals surface area (Å²) in [5.41, 5.74) is 4.95. The summed E-state index contributed by atoms with van der Waals surface area (Å²) in [7, 11) is -1.06. The van der Waals surface area contributed by atoms with Gasteiger partial charge >= 0.3 is 0 Å². The third-order valence-corrected chi connectivity index (χ3v) is 3.30. The molecular formula is C8H12N4O4S. The summed E-state index contributed by atoms with van der Waals surface area (Å²) in [6.07, 6.45) is 0. The number of nitrogen functional groups attached to an aromatic ring is 1. The molecule has 0 atom stereocenters. The Hall–Kier alpha value is -1.71. The second kappa shape index (κ2) is 4.65. The summed E-state index contributed by atoms with van der Waals surface area (Å²) in [6, 6.07) is 3.39. The number of nitro groups is 1. The van der Waals surface area contributed by atoms with Gasteiger partial charge in [0.1, 0.15) is 0 Å². The van der Waals surface area contributed by atoms with Crippen LogP contribution in [0.2, 0.25) is 0 Å². The SMILES string of the molecule is CN(C)NS(=O)(=O)c1ccc(N)cc1[N+](=O)[O-]. The first-order valence-corrected chi connectivity index (χ1v) is 5.96. The number of anilines is 1. The zero-order valence-corrected chi connectivity index (χ0v) is 10.1. The van der Waals surface area contributed by atoms with Crippen molar-refractivity contribution in [3.63, 3.8) is 0 Å². The second-order valence-electron chi connectivity index (χ2n) is 3.47. The maximum absolute atomic E-state index is 11.8. The van der Waals surface area contributed by atoms with Crippen molar-refractivity contribution in [2.24, 2.45) is 0 Å². The molecule has 3 N–H and O–H groups in total. The number of benzene rings is 1. The fraction of sp³-hybridized carbons (Fsp3) is 0.250. The summed E-state index contributed by atoms with van der Waals surface area (Å²) >= 11 is 0. The van der Waals surface area contributed by atoms with E-state index in [2.05, 4.69) is 4.83 Å². The summed E-state index contributed by atoms with van der Waals surface area (Å²) < 4.78 is 23.6. The summed E-state index contributed by atoms with van der Waals surface area (Å²) in [4.78, 5) is 11.6. The molecule has 9 heteroatoms. The first-order valence-electron chi connectivity index (χ1n) is 4.48. The molecule has 0 aliphatic heterocycles. The third-order valence-electron chi connectivity index (χ3n) is 1.77. The molecule has 0 unspecified atom stereocenters. The van der Waals surface area contributed by atoms with E-state index >= 15 is 0 Å². The van der Waals surface area contributed by atoms with E-state index in [0.717, 1.165) is 12.1 Å². The van der Waals surface area contributed by atoms with Crippen LogP contribution in [0.25, 0.3) is 0 Å². The van der Waals surface area contributed by atoms with Crippen molar-refractivity contribution >= 4 is 21.4 Å². The highest BCUT2D eigenvalue weighted by molar-refractivity contribution is 7.89. The number of hydrogen-bond acceptors (Lipinski definition) is 6. The van der Waals surface area contributed by atoms with Crippen LogP contribution >= 0.6 is 0 Å². The highest BCUT2D eigenvalue weighted by atomic mass is 32.2. The first kappa shape index (κ1) is 13.4.